The molecule has 0 aliphatic carbocycles. The van der Waals surface area contributed by atoms with E-state index in [2.05, 4.69) is 15.1 Å². The topological polar surface area (TPSA) is 95.9 Å². The third-order valence-electron chi connectivity index (χ3n) is 2.26. The van der Waals surface area contributed by atoms with E-state index in [1.807, 2.05) is 6.92 Å². The molecule has 7 heteroatoms. The minimum absolute atomic E-state index is 0.155. The van der Waals surface area contributed by atoms with Gasteiger partial charge in [0, 0.05) is 23.9 Å². The Bertz CT molecular complexity index is 603. The molecule has 0 amide bonds. The third kappa shape index (κ3) is 2.62. The van der Waals surface area contributed by atoms with E-state index in [4.69, 9.17) is 10.5 Å². The van der Waals surface area contributed by atoms with Gasteiger partial charge in [0.15, 0.2) is 5.82 Å². The normalized spacial score (nSPS) is 10.3. The minimum atomic E-state index is -0.250. The van der Waals surface area contributed by atoms with E-state index in [-0.39, 0.29) is 12.1 Å². The summed E-state index contributed by atoms with van der Waals surface area (Å²) in [5.74, 6) is 1.17. The second-order valence-corrected chi connectivity index (χ2v) is 3.72. The molecule has 0 aromatic carbocycles. The van der Waals surface area contributed by atoms with Crippen LogP contribution in [-0.4, -0.2) is 26.9 Å². The zero-order chi connectivity index (χ0) is 13.1. The number of nitrogens with two attached hydrogens (primary N) is 1. The molecule has 94 valence electrons. The lowest BCUT2D eigenvalue weighted by molar-refractivity contribution is 0.378. The Morgan fingerprint density at radius 1 is 1.39 bits per heavy atom. The van der Waals surface area contributed by atoms with E-state index in [0.717, 1.165) is 5.69 Å². The lowest BCUT2D eigenvalue weighted by Gasteiger charge is -2.06. The van der Waals surface area contributed by atoms with Crippen LogP contribution >= 0.6 is 0 Å². The number of rotatable bonds is 3. The van der Waals surface area contributed by atoms with Crippen LogP contribution in [0.5, 0.6) is 5.88 Å². The summed E-state index contributed by atoms with van der Waals surface area (Å²) in [4.78, 5) is 19.9. The second-order valence-electron chi connectivity index (χ2n) is 3.72. The van der Waals surface area contributed by atoms with Gasteiger partial charge in [0.05, 0.1) is 7.11 Å². The number of aryl methyl sites for hydroxylation is 1. The van der Waals surface area contributed by atoms with Gasteiger partial charge in [-0.3, -0.25) is 4.79 Å². The average molecular weight is 247 g/mol. The highest BCUT2D eigenvalue weighted by Gasteiger charge is 2.05. The molecule has 0 bridgehead atoms. The van der Waals surface area contributed by atoms with Gasteiger partial charge < -0.3 is 10.5 Å². The predicted octanol–water partition coefficient (Wildman–Crippen LogP) is -0.0192. The summed E-state index contributed by atoms with van der Waals surface area (Å²) in [5.41, 5.74) is 6.12. The second kappa shape index (κ2) is 4.82. The van der Waals surface area contributed by atoms with Gasteiger partial charge in [0.2, 0.25) is 5.88 Å². The monoisotopic (exact) mass is 247 g/mol. The fraction of sp³-hybridized carbons (Fsp3) is 0.273. The van der Waals surface area contributed by atoms with Crippen molar-refractivity contribution in [2.45, 2.75) is 13.5 Å². The van der Waals surface area contributed by atoms with Crippen molar-refractivity contribution in [1.29, 1.82) is 0 Å². The first-order valence-corrected chi connectivity index (χ1v) is 5.30. The Hall–Kier alpha value is -2.44. The lowest BCUT2D eigenvalue weighted by Crippen LogP contribution is -2.24. The van der Waals surface area contributed by atoms with Gasteiger partial charge in [-0.15, -0.1) is 5.10 Å². The van der Waals surface area contributed by atoms with Crippen LogP contribution < -0.4 is 16.0 Å². The van der Waals surface area contributed by atoms with Crippen molar-refractivity contribution in [3.8, 4) is 5.88 Å². The average Bonchev–Trinajstić information content (AvgIpc) is 2.30. The minimum Gasteiger partial charge on any atom is -0.480 e. The SMILES string of the molecule is COc1ccc(=O)n(Cc2nc(C)cc(N)n2)n1. The van der Waals surface area contributed by atoms with Gasteiger partial charge >= 0.3 is 0 Å². The van der Waals surface area contributed by atoms with E-state index in [1.165, 1.54) is 23.9 Å². The lowest BCUT2D eigenvalue weighted by atomic mass is 10.4. The van der Waals surface area contributed by atoms with E-state index >= 15 is 0 Å². The summed E-state index contributed by atoms with van der Waals surface area (Å²) >= 11 is 0. The van der Waals surface area contributed by atoms with E-state index in [0.29, 0.717) is 17.5 Å². The molecule has 0 aliphatic rings. The Morgan fingerprint density at radius 2 is 2.17 bits per heavy atom. The molecule has 2 rings (SSSR count). The summed E-state index contributed by atoms with van der Waals surface area (Å²) in [6, 6.07) is 4.54. The zero-order valence-corrected chi connectivity index (χ0v) is 10.1. The highest BCUT2D eigenvalue weighted by atomic mass is 16.5. The van der Waals surface area contributed by atoms with Crippen LogP contribution in [0.1, 0.15) is 11.5 Å². The maximum Gasteiger partial charge on any atom is 0.267 e. The highest BCUT2D eigenvalue weighted by molar-refractivity contribution is 5.29. The summed E-state index contributed by atoms with van der Waals surface area (Å²) in [6.07, 6.45) is 0. The summed E-state index contributed by atoms with van der Waals surface area (Å²) < 4.78 is 6.19. The number of ether oxygens (including phenoxy) is 1. The predicted molar refractivity (Wildman–Crippen MR) is 65.3 cm³/mol. The fourth-order valence-corrected chi connectivity index (χ4v) is 1.51. The van der Waals surface area contributed by atoms with Crippen molar-refractivity contribution in [2.24, 2.45) is 0 Å². The summed E-state index contributed by atoms with van der Waals surface area (Å²) in [6.45, 7) is 1.96. The van der Waals surface area contributed by atoms with E-state index in [1.54, 1.807) is 6.07 Å². The van der Waals surface area contributed by atoms with Crippen molar-refractivity contribution in [2.75, 3.05) is 12.8 Å². The molecule has 0 saturated heterocycles. The van der Waals surface area contributed by atoms with Gasteiger partial charge in [0.1, 0.15) is 12.4 Å². The number of anilines is 1. The van der Waals surface area contributed by atoms with Gasteiger partial charge in [0.25, 0.3) is 5.56 Å². The van der Waals surface area contributed by atoms with Gasteiger partial charge in [-0.05, 0) is 6.92 Å². The van der Waals surface area contributed by atoms with E-state index < -0.39 is 0 Å². The molecule has 0 spiro atoms. The molecule has 0 radical (unpaired) electrons. The Labute approximate surface area is 103 Å². The van der Waals surface area contributed by atoms with E-state index in [9.17, 15) is 4.79 Å². The number of hydrogen-bond donors (Lipinski definition) is 1. The Balaban J connectivity index is 2.36. The molecule has 18 heavy (non-hydrogen) atoms. The number of hydrogen-bond acceptors (Lipinski definition) is 6. The molecule has 0 unspecified atom stereocenters. The summed E-state index contributed by atoms with van der Waals surface area (Å²) in [7, 11) is 1.48. The third-order valence-corrected chi connectivity index (χ3v) is 2.26. The molecule has 2 aromatic rings. The van der Waals surface area contributed by atoms with Crippen LogP contribution in [0.25, 0.3) is 0 Å². The van der Waals surface area contributed by atoms with Crippen molar-refractivity contribution in [1.82, 2.24) is 19.7 Å². The fourth-order valence-electron chi connectivity index (χ4n) is 1.51. The quantitative estimate of drug-likeness (QED) is 0.818. The number of nitrogens with zero attached hydrogens (tertiary/aromatic N) is 4. The van der Waals surface area contributed by atoms with Crippen molar-refractivity contribution >= 4 is 5.82 Å². The molecular weight excluding hydrogens is 234 g/mol. The van der Waals surface area contributed by atoms with Crippen molar-refractivity contribution in [3.63, 3.8) is 0 Å². The zero-order valence-electron chi connectivity index (χ0n) is 10.1. The maximum atomic E-state index is 11.6. The first-order valence-electron chi connectivity index (χ1n) is 5.30. The van der Waals surface area contributed by atoms with Gasteiger partial charge in [-0.1, -0.05) is 0 Å². The van der Waals surface area contributed by atoms with Crippen LogP contribution in [0.2, 0.25) is 0 Å². The first kappa shape index (κ1) is 12.0. The largest absolute Gasteiger partial charge is 0.480 e. The van der Waals surface area contributed by atoms with Crippen LogP contribution in [0.3, 0.4) is 0 Å². The summed E-state index contributed by atoms with van der Waals surface area (Å²) in [5, 5.41) is 4.01. The smallest absolute Gasteiger partial charge is 0.267 e. The maximum absolute atomic E-state index is 11.6. The number of nitrogen functional groups attached to an aromatic ring is 1. The van der Waals surface area contributed by atoms with Crippen molar-refractivity contribution < 1.29 is 4.74 Å². The molecule has 0 aliphatic heterocycles. The molecule has 0 atom stereocenters. The van der Waals surface area contributed by atoms with Crippen LogP contribution in [0.4, 0.5) is 5.82 Å². The van der Waals surface area contributed by atoms with Crippen LogP contribution in [-0.2, 0) is 6.54 Å². The highest BCUT2D eigenvalue weighted by Crippen LogP contribution is 2.04. The Morgan fingerprint density at radius 3 is 2.83 bits per heavy atom. The number of aromatic nitrogens is 4. The van der Waals surface area contributed by atoms with Crippen LogP contribution in [0, 0.1) is 6.92 Å². The Kier molecular flexibility index (Phi) is 3.22. The standard InChI is InChI=1S/C11H13N5O2/c1-7-5-8(12)14-9(13-7)6-16-11(17)4-3-10(15-16)18-2/h3-5H,6H2,1-2H3,(H2,12,13,14). The molecule has 0 saturated carbocycles. The molecule has 2 N–H and O–H groups in total. The molecular formula is C11H13N5O2. The molecule has 2 heterocycles. The van der Waals surface area contributed by atoms with Gasteiger partial charge in [-0.25, -0.2) is 14.6 Å². The first-order chi connectivity index (χ1) is 8.58. The molecule has 0 fully saturated rings. The molecule has 2 aromatic heterocycles. The molecule has 7 nitrogen and oxygen atoms in total. The van der Waals surface area contributed by atoms with Gasteiger partial charge in [-0.2, -0.15) is 0 Å². The number of methoxy groups -OCH3 is 1. The van der Waals surface area contributed by atoms with Crippen LogP contribution in [0.15, 0.2) is 23.0 Å². The van der Waals surface area contributed by atoms with Crippen molar-refractivity contribution in [3.05, 3.63) is 40.1 Å².